The van der Waals surface area contributed by atoms with Crippen molar-refractivity contribution in [1.82, 2.24) is 15.6 Å². The van der Waals surface area contributed by atoms with Crippen LogP contribution < -0.4 is 15.9 Å². The van der Waals surface area contributed by atoms with Crippen molar-refractivity contribution < 1.29 is 9.53 Å². The van der Waals surface area contributed by atoms with Crippen LogP contribution in [0.1, 0.15) is 25.3 Å². The summed E-state index contributed by atoms with van der Waals surface area (Å²) >= 11 is 2.51. The van der Waals surface area contributed by atoms with Gasteiger partial charge in [0.1, 0.15) is 5.75 Å². The van der Waals surface area contributed by atoms with Crippen LogP contribution in [0.5, 0.6) is 5.75 Å². The first-order chi connectivity index (χ1) is 11.7. The Morgan fingerprint density at radius 3 is 3.04 bits per heavy atom. The predicted octanol–water partition coefficient (Wildman–Crippen LogP) is 2.54. The molecule has 1 aromatic carbocycles. The standard InChI is InChI=1S/C15H19N5O2S2/c1-2-3-8-22-12-7-5-4-6-11(12)9-17-18-13(21)10-23-15-20-19-14(16)24-15/h4-7,9H,2-3,8,10H2,1H3,(H2,16,19)(H,18,21). The number of nitrogens with one attached hydrogen (secondary N) is 1. The number of para-hydroxylation sites is 1. The Labute approximate surface area is 148 Å². The molecule has 1 aromatic heterocycles. The van der Waals surface area contributed by atoms with E-state index in [4.69, 9.17) is 10.5 Å². The molecule has 0 bridgehead atoms. The van der Waals surface area contributed by atoms with Crippen molar-refractivity contribution >= 4 is 40.4 Å². The molecule has 7 nitrogen and oxygen atoms in total. The van der Waals surface area contributed by atoms with Gasteiger partial charge in [-0.1, -0.05) is 48.6 Å². The van der Waals surface area contributed by atoms with Crippen molar-refractivity contribution in [3.05, 3.63) is 29.8 Å². The lowest BCUT2D eigenvalue weighted by Crippen LogP contribution is -2.19. The van der Waals surface area contributed by atoms with Crippen molar-refractivity contribution in [1.29, 1.82) is 0 Å². The number of anilines is 1. The molecule has 0 saturated heterocycles. The molecule has 0 spiro atoms. The number of unbranched alkanes of at least 4 members (excludes halogenated alkanes) is 1. The van der Waals surface area contributed by atoms with E-state index in [9.17, 15) is 4.79 Å². The second-order valence-corrected chi connectivity index (χ2v) is 6.96. The molecule has 0 atom stereocenters. The summed E-state index contributed by atoms with van der Waals surface area (Å²) < 4.78 is 6.36. The van der Waals surface area contributed by atoms with E-state index in [1.54, 1.807) is 6.21 Å². The smallest absolute Gasteiger partial charge is 0.250 e. The number of carbonyl (C=O) groups excluding carboxylic acids is 1. The summed E-state index contributed by atoms with van der Waals surface area (Å²) in [7, 11) is 0. The molecule has 2 aromatic rings. The lowest BCUT2D eigenvalue weighted by atomic mass is 10.2. The molecule has 24 heavy (non-hydrogen) atoms. The fraction of sp³-hybridized carbons (Fsp3) is 0.333. The minimum Gasteiger partial charge on any atom is -0.493 e. The number of benzene rings is 1. The summed E-state index contributed by atoms with van der Waals surface area (Å²) in [6.45, 7) is 2.77. The van der Waals surface area contributed by atoms with Gasteiger partial charge in [0.05, 0.1) is 18.6 Å². The monoisotopic (exact) mass is 365 g/mol. The van der Waals surface area contributed by atoms with Crippen LogP contribution in [0, 0.1) is 0 Å². The third-order valence-electron chi connectivity index (χ3n) is 2.82. The zero-order chi connectivity index (χ0) is 17.2. The molecule has 128 valence electrons. The third kappa shape index (κ3) is 6.17. The summed E-state index contributed by atoms with van der Waals surface area (Å²) in [6, 6.07) is 7.57. The lowest BCUT2D eigenvalue weighted by molar-refractivity contribution is -0.118. The highest BCUT2D eigenvalue weighted by molar-refractivity contribution is 8.01. The molecule has 1 amide bonds. The van der Waals surface area contributed by atoms with Gasteiger partial charge >= 0.3 is 0 Å². The number of nitrogens with two attached hydrogens (primary N) is 1. The van der Waals surface area contributed by atoms with Crippen molar-refractivity contribution in [2.45, 2.75) is 24.1 Å². The summed E-state index contributed by atoms with van der Waals surface area (Å²) in [6.07, 6.45) is 3.65. The summed E-state index contributed by atoms with van der Waals surface area (Å²) in [5.41, 5.74) is 8.78. The lowest BCUT2D eigenvalue weighted by Gasteiger charge is -2.07. The number of rotatable bonds is 9. The molecule has 0 saturated carbocycles. The molecule has 0 fully saturated rings. The molecule has 2 rings (SSSR count). The zero-order valence-electron chi connectivity index (χ0n) is 13.3. The molecule has 0 aliphatic heterocycles. The van der Waals surface area contributed by atoms with Crippen molar-refractivity contribution in [2.24, 2.45) is 5.10 Å². The van der Waals surface area contributed by atoms with Gasteiger partial charge in [0, 0.05) is 5.56 Å². The van der Waals surface area contributed by atoms with Gasteiger partial charge in [-0.25, -0.2) is 5.43 Å². The number of ether oxygens (including phenoxy) is 1. The molecule has 0 aliphatic carbocycles. The molecule has 1 heterocycles. The highest BCUT2D eigenvalue weighted by Gasteiger charge is 2.06. The number of carbonyl (C=O) groups is 1. The van der Waals surface area contributed by atoms with Crippen LogP contribution in [0.2, 0.25) is 0 Å². The number of nitrogen functional groups attached to an aromatic ring is 1. The summed E-state index contributed by atoms with van der Waals surface area (Å²) in [4.78, 5) is 11.8. The highest BCUT2D eigenvalue weighted by atomic mass is 32.2. The van der Waals surface area contributed by atoms with Crippen LogP contribution in [0.4, 0.5) is 5.13 Å². The minimum atomic E-state index is -0.227. The Morgan fingerprint density at radius 1 is 1.46 bits per heavy atom. The van der Waals surface area contributed by atoms with E-state index < -0.39 is 0 Å². The van der Waals surface area contributed by atoms with Gasteiger partial charge < -0.3 is 10.5 Å². The number of hydrogen-bond acceptors (Lipinski definition) is 8. The third-order valence-corrected chi connectivity index (χ3v) is 4.70. The number of aromatic nitrogens is 2. The number of thioether (sulfide) groups is 1. The molecule has 0 radical (unpaired) electrons. The molecular weight excluding hydrogens is 346 g/mol. The van der Waals surface area contributed by atoms with E-state index in [1.807, 2.05) is 24.3 Å². The van der Waals surface area contributed by atoms with E-state index >= 15 is 0 Å². The Bertz CT molecular complexity index is 690. The van der Waals surface area contributed by atoms with E-state index in [0.29, 0.717) is 16.1 Å². The van der Waals surface area contributed by atoms with Crippen LogP contribution in [0.25, 0.3) is 0 Å². The van der Waals surface area contributed by atoms with Gasteiger partial charge in [0.15, 0.2) is 4.34 Å². The van der Waals surface area contributed by atoms with Gasteiger partial charge in [-0.2, -0.15) is 5.10 Å². The largest absolute Gasteiger partial charge is 0.493 e. The van der Waals surface area contributed by atoms with E-state index in [-0.39, 0.29) is 11.7 Å². The normalized spacial score (nSPS) is 10.9. The van der Waals surface area contributed by atoms with Crippen molar-refractivity contribution in [3.8, 4) is 5.75 Å². The highest BCUT2D eigenvalue weighted by Crippen LogP contribution is 2.23. The SMILES string of the molecule is CCCCOc1ccccc1C=NNC(=O)CSc1nnc(N)s1. The topological polar surface area (TPSA) is 102 Å². The number of nitrogens with zero attached hydrogens (tertiary/aromatic N) is 3. The van der Waals surface area contributed by atoms with E-state index in [2.05, 4.69) is 27.6 Å². The quantitative estimate of drug-likeness (QED) is 0.306. The first-order valence-electron chi connectivity index (χ1n) is 7.44. The predicted molar refractivity (Wildman–Crippen MR) is 97.6 cm³/mol. The van der Waals surface area contributed by atoms with Gasteiger partial charge in [-0.05, 0) is 18.6 Å². The Hall–Kier alpha value is -2.13. The molecular formula is C15H19N5O2S2. The van der Waals surface area contributed by atoms with Gasteiger partial charge in [0.25, 0.3) is 5.91 Å². The minimum absolute atomic E-state index is 0.195. The summed E-state index contributed by atoms with van der Waals surface area (Å²) in [5, 5.41) is 11.9. The fourth-order valence-electron chi connectivity index (χ4n) is 1.66. The average molecular weight is 365 g/mol. The number of amides is 1. The van der Waals surface area contributed by atoms with Crippen molar-refractivity contribution in [2.75, 3.05) is 18.1 Å². The summed E-state index contributed by atoms with van der Waals surface area (Å²) in [5.74, 6) is 0.720. The second kappa shape index (κ2) is 9.89. The zero-order valence-corrected chi connectivity index (χ0v) is 14.9. The van der Waals surface area contributed by atoms with Crippen LogP contribution in [-0.2, 0) is 4.79 Å². The first-order valence-corrected chi connectivity index (χ1v) is 9.24. The maximum Gasteiger partial charge on any atom is 0.250 e. The van der Waals surface area contributed by atoms with Gasteiger partial charge in [0.2, 0.25) is 5.13 Å². The molecule has 3 N–H and O–H groups in total. The molecule has 9 heteroatoms. The Kier molecular flexibility index (Phi) is 7.50. The van der Waals surface area contributed by atoms with Gasteiger partial charge in [-0.3, -0.25) is 4.79 Å². The van der Waals surface area contributed by atoms with Crippen LogP contribution in [0.15, 0.2) is 33.7 Å². The number of hydrazone groups is 1. The fourth-order valence-corrected chi connectivity index (χ4v) is 3.09. The molecule has 0 aliphatic rings. The van der Waals surface area contributed by atoms with E-state index in [0.717, 1.165) is 24.2 Å². The van der Waals surface area contributed by atoms with Gasteiger partial charge in [-0.15, -0.1) is 10.2 Å². The second-order valence-electron chi connectivity index (χ2n) is 4.73. The van der Waals surface area contributed by atoms with Crippen LogP contribution in [0.3, 0.4) is 0 Å². The Balaban J connectivity index is 1.81. The maximum absolute atomic E-state index is 11.8. The molecule has 0 unspecified atom stereocenters. The van der Waals surface area contributed by atoms with E-state index in [1.165, 1.54) is 23.1 Å². The Morgan fingerprint density at radius 2 is 2.29 bits per heavy atom. The van der Waals surface area contributed by atoms with Crippen LogP contribution >= 0.6 is 23.1 Å². The number of hydrogen-bond donors (Lipinski definition) is 2. The van der Waals surface area contributed by atoms with Crippen molar-refractivity contribution in [3.63, 3.8) is 0 Å². The first kappa shape index (κ1) is 18.2. The average Bonchev–Trinajstić information content (AvgIpc) is 3.00. The maximum atomic E-state index is 11.8. The van der Waals surface area contributed by atoms with Crippen LogP contribution in [-0.4, -0.2) is 34.7 Å².